The van der Waals surface area contributed by atoms with E-state index >= 15 is 0 Å². The van der Waals surface area contributed by atoms with Crippen molar-refractivity contribution >= 4 is 17.2 Å². The fraction of sp³-hybridized carbons (Fsp3) is 0. The molecule has 4 heteroatoms. The predicted octanol–water partition coefficient (Wildman–Crippen LogP) is 5.54. The number of carbonyl (C=O) groups excluding carboxylic acids is 1. The molecular weight excluding hydrogens is 360 g/mol. The number of hydrogen-bond donors (Lipinski definition) is 2. The molecule has 0 fully saturated rings. The van der Waals surface area contributed by atoms with Crippen molar-refractivity contribution in [1.29, 1.82) is 0 Å². The number of anilines is 2. The van der Waals surface area contributed by atoms with Crippen molar-refractivity contribution in [2.24, 2.45) is 0 Å². The number of nitrogen functional groups attached to an aromatic ring is 2. The third-order valence-corrected chi connectivity index (χ3v) is 4.67. The molecule has 0 aromatic heterocycles. The van der Waals surface area contributed by atoms with Gasteiger partial charge >= 0.3 is 0 Å². The summed E-state index contributed by atoms with van der Waals surface area (Å²) in [5.41, 5.74) is 15.6. The van der Waals surface area contributed by atoms with Crippen LogP contribution in [0.5, 0.6) is 11.5 Å². The average Bonchev–Trinajstić information content (AvgIpc) is 2.77. The van der Waals surface area contributed by atoms with E-state index in [2.05, 4.69) is 0 Å². The molecule has 0 saturated heterocycles. The molecule has 4 nitrogen and oxygen atoms in total. The van der Waals surface area contributed by atoms with Gasteiger partial charge in [0, 0.05) is 17.2 Å². The smallest absolute Gasteiger partial charge is 0.195 e. The minimum Gasteiger partial charge on any atom is -0.457 e. The van der Waals surface area contributed by atoms with Crippen LogP contribution >= 0.6 is 0 Å². The Kier molecular flexibility index (Phi) is 4.99. The van der Waals surface area contributed by atoms with E-state index in [4.69, 9.17) is 16.2 Å². The normalized spacial score (nSPS) is 10.5. The van der Waals surface area contributed by atoms with Gasteiger partial charge in [-0.05, 0) is 17.7 Å². The summed E-state index contributed by atoms with van der Waals surface area (Å²) in [6.45, 7) is 0. The fourth-order valence-corrected chi connectivity index (χ4v) is 3.18. The zero-order valence-corrected chi connectivity index (χ0v) is 15.7. The quantitative estimate of drug-likeness (QED) is 0.352. The Morgan fingerprint density at radius 1 is 0.724 bits per heavy atom. The maximum atomic E-state index is 12.9. The first-order valence-corrected chi connectivity index (χ1v) is 9.24. The Labute approximate surface area is 169 Å². The van der Waals surface area contributed by atoms with E-state index in [1.165, 1.54) is 0 Å². The number of ether oxygens (including phenoxy) is 1. The van der Waals surface area contributed by atoms with E-state index in [1.54, 1.807) is 24.3 Å². The van der Waals surface area contributed by atoms with Crippen LogP contribution in [0.4, 0.5) is 11.4 Å². The Balaban J connectivity index is 1.73. The van der Waals surface area contributed by atoms with Crippen LogP contribution in [0.15, 0.2) is 97.1 Å². The molecule has 0 aliphatic carbocycles. The predicted molar refractivity (Wildman–Crippen MR) is 117 cm³/mol. The fourth-order valence-electron chi connectivity index (χ4n) is 3.18. The SMILES string of the molecule is Nc1cc(Oc2ccccc2-c2ccccc2)cc(C(=O)c2ccccc2)c1N. The van der Waals surface area contributed by atoms with Crippen molar-refractivity contribution in [1.82, 2.24) is 0 Å². The molecular formula is C25H20N2O2. The van der Waals surface area contributed by atoms with E-state index in [0.29, 0.717) is 28.3 Å². The van der Waals surface area contributed by atoms with Crippen molar-refractivity contribution in [3.8, 4) is 22.6 Å². The lowest BCUT2D eigenvalue weighted by Gasteiger charge is -2.14. The minimum atomic E-state index is -0.198. The monoisotopic (exact) mass is 380 g/mol. The van der Waals surface area contributed by atoms with Crippen molar-refractivity contribution in [3.05, 3.63) is 108 Å². The highest BCUT2D eigenvalue weighted by molar-refractivity contribution is 6.13. The molecule has 0 bridgehead atoms. The second kappa shape index (κ2) is 7.90. The third kappa shape index (κ3) is 3.82. The molecule has 4 rings (SSSR count). The highest BCUT2D eigenvalue weighted by Gasteiger charge is 2.17. The van der Waals surface area contributed by atoms with Gasteiger partial charge in [-0.25, -0.2) is 0 Å². The molecule has 142 valence electrons. The molecule has 0 heterocycles. The van der Waals surface area contributed by atoms with Gasteiger partial charge < -0.3 is 16.2 Å². The van der Waals surface area contributed by atoms with E-state index < -0.39 is 0 Å². The number of hydrogen-bond acceptors (Lipinski definition) is 4. The van der Waals surface area contributed by atoms with Crippen LogP contribution in [0, 0.1) is 0 Å². The number of rotatable bonds is 5. The lowest BCUT2D eigenvalue weighted by molar-refractivity contribution is 0.103. The number of carbonyl (C=O) groups is 1. The summed E-state index contributed by atoms with van der Waals surface area (Å²) in [6.07, 6.45) is 0. The molecule has 4 N–H and O–H groups in total. The molecule has 0 amide bonds. The number of benzene rings is 4. The standard InChI is InChI=1S/C25H20N2O2/c26-22-16-19(15-21(24(22)27)25(28)18-11-5-2-6-12-18)29-23-14-8-7-13-20(23)17-9-3-1-4-10-17/h1-16H,26-27H2. The lowest BCUT2D eigenvalue weighted by atomic mass is 10.0. The van der Waals surface area contributed by atoms with Gasteiger partial charge in [-0.1, -0.05) is 78.9 Å². The molecule has 0 radical (unpaired) electrons. The first kappa shape index (κ1) is 18.3. The first-order valence-electron chi connectivity index (χ1n) is 9.24. The third-order valence-electron chi connectivity index (χ3n) is 4.67. The van der Waals surface area contributed by atoms with Crippen molar-refractivity contribution in [2.75, 3.05) is 11.5 Å². The van der Waals surface area contributed by atoms with Crippen LogP contribution in [0.25, 0.3) is 11.1 Å². The molecule has 0 unspecified atom stereocenters. The highest BCUT2D eigenvalue weighted by Crippen LogP contribution is 2.36. The van der Waals surface area contributed by atoms with Gasteiger partial charge in [0.2, 0.25) is 0 Å². The van der Waals surface area contributed by atoms with Gasteiger partial charge in [-0.3, -0.25) is 4.79 Å². The van der Waals surface area contributed by atoms with Crippen LogP contribution in [-0.2, 0) is 0 Å². The number of ketones is 1. The van der Waals surface area contributed by atoms with Crippen LogP contribution in [-0.4, -0.2) is 5.78 Å². The van der Waals surface area contributed by atoms with Crippen molar-refractivity contribution in [2.45, 2.75) is 0 Å². The molecule has 4 aromatic carbocycles. The second-order valence-corrected chi connectivity index (χ2v) is 6.63. The van der Waals surface area contributed by atoms with E-state index in [0.717, 1.165) is 11.1 Å². The topological polar surface area (TPSA) is 78.3 Å². The lowest BCUT2D eigenvalue weighted by Crippen LogP contribution is -2.08. The molecule has 4 aromatic rings. The average molecular weight is 380 g/mol. The van der Waals surface area contributed by atoms with E-state index in [1.807, 2.05) is 72.8 Å². The summed E-state index contributed by atoms with van der Waals surface area (Å²) < 4.78 is 6.14. The van der Waals surface area contributed by atoms with Crippen molar-refractivity contribution < 1.29 is 9.53 Å². The highest BCUT2D eigenvalue weighted by atomic mass is 16.5. The van der Waals surface area contributed by atoms with Crippen LogP contribution in [0.1, 0.15) is 15.9 Å². The van der Waals surface area contributed by atoms with Gasteiger partial charge in [0.25, 0.3) is 0 Å². The summed E-state index contributed by atoms with van der Waals surface area (Å²) in [5.74, 6) is 0.928. The molecule has 0 spiro atoms. The zero-order valence-electron chi connectivity index (χ0n) is 15.7. The van der Waals surface area contributed by atoms with Gasteiger partial charge in [-0.15, -0.1) is 0 Å². The van der Waals surface area contributed by atoms with Gasteiger partial charge in [0.05, 0.1) is 16.9 Å². The Hall–Kier alpha value is -4.05. The summed E-state index contributed by atoms with van der Waals surface area (Å²) in [6, 6.07) is 29.9. The molecule has 0 aliphatic rings. The van der Waals surface area contributed by atoms with Gasteiger partial charge in [0.1, 0.15) is 11.5 Å². The Bertz CT molecular complexity index is 1160. The van der Waals surface area contributed by atoms with Gasteiger partial charge in [-0.2, -0.15) is 0 Å². The largest absolute Gasteiger partial charge is 0.457 e. The molecule has 29 heavy (non-hydrogen) atoms. The Morgan fingerprint density at radius 3 is 2.07 bits per heavy atom. The summed E-state index contributed by atoms with van der Waals surface area (Å²) in [5, 5.41) is 0. The van der Waals surface area contributed by atoms with Gasteiger partial charge in [0.15, 0.2) is 5.78 Å². The van der Waals surface area contributed by atoms with Crippen LogP contribution in [0.3, 0.4) is 0 Å². The number of para-hydroxylation sites is 1. The molecule has 0 atom stereocenters. The Morgan fingerprint density at radius 2 is 1.34 bits per heavy atom. The van der Waals surface area contributed by atoms with Crippen LogP contribution < -0.4 is 16.2 Å². The summed E-state index contributed by atoms with van der Waals surface area (Å²) >= 11 is 0. The summed E-state index contributed by atoms with van der Waals surface area (Å²) in [7, 11) is 0. The first-order chi connectivity index (χ1) is 14.1. The van der Waals surface area contributed by atoms with E-state index in [9.17, 15) is 4.79 Å². The van der Waals surface area contributed by atoms with Crippen LogP contribution in [0.2, 0.25) is 0 Å². The molecule has 0 saturated carbocycles. The second-order valence-electron chi connectivity index (χ2n) is 6.63. The number of nitrogens with two attached hydrogens (primary N) is 2. The zero-order chi connectivity index (χ0) is 20.2. The maximum Gasteiger partial charge on any atom is 0.195 e. The maximum absolute atomic E-state index is 12.9. The summed E-state index contributed by atoms with van der Waals surface area (Å²) in [4.78, 5) is 12.9. The molecule has 0 aliphatic heterocycles. The van der Waals surface area contributed by atoms with E-state index in [-0.39, 0.29) is 11.5 Å². The minimum absolute atomic E-state index is 0.198. The van der Waals surface area contributed by atoms with Crippen molar-refractivity contribution in [3.63, 3.8) is 0 Å².